The Morgan fingerprint density at radius 3 is 2.09 bits per heavy atom. The van der Waals surface area contributed by atoms with Crippen LogP contribution in [-0.2, 0) is 24.2 Å². The normalized spacial score (nSPS) is 13.0. The van der Waals surface area contributed by atoms with Crippen molar-refractivity contribution in [3.8, 4) is 0 Å². The molecule has 0 radical (unpaired) electrons. The van der Waals surface area contributed by atoms with Gasteiger partial charge in [0.1, 0.15) is 11.6 Å². The molecule has 0 aromatic heterocycles. The largest absolute Gasteiger partial charge is 0.390 e. The zero-order valence-electron chi connectivity index (χ0n) is 20.5. The van der Waals surface area contributed by atoms with Crippen molar-refractivity contribution in [1.82, 2.24) is 10.6 Å². The van der Waals surface area contributed by atoms with Gasteiger partial charge in [-0.3, -0.25) is 4.79 Å². The van der Waals surface area contributed by atoms with Gasteiger partial charge in [0.2, 0.25) is 5.91 Å². The summed E-state index contributed by atoms with van der Waals surface area (Å²) in [5.41, 5.74) is 4.65. The highest BCUT2D eigenvalue weighted by atomic mass is 19.1. The summed E-state index contributed by atoms with van der Waals surface area (Å²) < 4.78 is 27.5. The van der Waals surface area contributed by atoms with Crippen LogP contribution in [0.4, 0.5) is 8.78 Å². The number of aliphatic hydroxyl groups is 1. The Hall–Kier alpha value is -3.09. The monoisotopic (exact) mass is 480 g/mol. The van der Waals surface area contributed by atoms with E-state index in [2.05, 4.69) is 24.5 Å². The molecule has 0 fully saturated rings. The Kier molecular flexibility index (Phi) is 9.52. The molecule has 0 saturated carbocycles. The van der Waals surface area contributed by atoms with Crippen LogP contribution in [0.2, 0.25) is 0 Å². The van der Waals surface area contributed by atoms with Crippen LogP contribution in [0.15, 0.2) is 66.7 Å². The van der Waals surface area contributed by atoms with E-state index in [0.717, 1.165) is 22.8 Å². The fourth-order valence-electron chi connectivity index (χ4n) is 3.94. The highest BCUT2D eigenvalue weighted by molar-refractivity contribution is 5.79. The Labute approximate surface area is 206 Å². The molecule has 4 nitrogen and oxygen atoms in total. The summed E-state index contributed by atoms with van der Waals surface area (Å²) in [6.45, 7) is 6.99. The number of hydrogen-bond donors (Lipinski definition) is 3. The van der Waals surface area contributed by atoms with Crippen molar-refractivity contribution in [3.05, 3.63) is 106 Å². The second kappa shape index (κ2) is 12.6. The minimum atomic E-state index is -0.959. The smallest absolute Gasteiger partial charge is 0.224 e. The van der Waals surface area contributed by atoms with E-state index in [1.807, 2.05) is 55.5 Å². The molecule has 186 valence electrons. The third kappa shape index (κ3) is 8.57. The van der Waals surface area contributed by atoms with Crippen LogP contribution in [0.5, 0.6) is 0 Å². The molecule has 0 aliphatic carbocycles. The minimum Gasteiger partial charge on any atom is -0.390 e. The van der Waals surface area contributed by atoms with Crippen molar-refractivity contribution >= 4 is 5.91 Å². The van der Waals surface area contributed by atoms with E-state index in [0.29, 0.717) is 18.0 Å². The molecular formula is C29H34F2N2O2. The summed E-state index contributed by atoms with van der Waals surface area (Å²) >= 11 is 0. The molecule has 0 saturated heterocycles. The first-order chi connectivity index (χ1) is 16.7. The van der Waals surface area contributed by atoms with Gasteiger partial charge < -0.3 is 15.7 Å². The molecule has 0 heterocycles. The Balaban J connectivity index is 1.65. The molecule has 0 unspecified atom stereocenters. The lowest BCUT2D eigenvalue weighted by Gasteiger charge is -2.25. The molecule has 1 amide bonds. The molecule has 0 bridgehead atoms. The second-order valence-corrected chi connectivity index (χ2v) is 9.41. The van der Waals surface area contributed by atoms with Crippen LogP contribution in [0.3, 0.4) is 0 Å². The summed E-state index contributed by atoms with van der Waals surface area (Å²) in [5.74, 6) is -1.25. The molecule has 6 heteroatoms. The van der Waals surface area contributed by atoms with Gasteiger partial charge in [-0.15, -0.1) is 0 Å². The van der Waals surface area contributed by atoms with Gasteiger partial charge in [0.15, 0.2) is 0 Å². The van der Waals surface area contributed by atoms with Gasteiger partial charge in [0, 0.05) is 19.2 Å². The number of carbonyl (C=O) groups is 1. The summed E-state index contributed by atoms with van der Waals surface area (Å²) in [6, 6.07) is 18.4. The van der Waals surface area contributed by atoms with E-state index in [1.165, 1.54) is 17.7 Å². The Morgan fingerprint density at radius 2 is 1.49 bits per heavy atom. The van der Waals surface area contributed by atoms with Gasteiger partial charge in [-0.1, -0.05) is 67.9 Å². The summed E-state index contributed by atoms with van der Waals surface area (Å²) in [7, 11) is 0. The third-order valence-electron chi connectivity index (χ3n) is 6.00. The highest BCUT2D eigenvalue weighted by Gasteiger charge is 2.22. The van der Waals surface area contributed by atoms with Crippen molar-refractivity contribution in [1.29, 1.82) is 0 Å². The van der Waals surface area contributed by atoms with Crippen LogP contribution in [0.1, 0.15) is 47.6 Å². The van der Waals surface area contributed by atoms with Crippen molar-refractivity contribution < 1.29 is 18.7 Å². The number of rotatable bonds is 11. The van der Waals surface area contributed by atoms with E-state index in [9.17, 15) is 18.7 Å². The lowest BCUT2D eigenvalue weighted by molar-refractivity contribution is -0.122. The van der Waals surface area contributed by atoms with Crippen molar-refractivity contribution in [3.63, 3.8) is 0 Å². The number of aryl methyl sites for hydroxylation is 1. The van der Waals surface area contributed by atoms with Crippen molar-refractivity contribution in [2.45, 2.75) is 58.2 Å². The van der Waals surface area contributed by atoms with E-state index in [4.69, 9.17) is 0 Å². The third-order valence-corrected chi connectivity index (χ3v) is 6.00. The van der Waals surface area contributed by atoms with Gasteiger partial charge in [-0.25, -0.2) is 8.78 Å². The molecule has 3 aromatic carbocycles. The zero-order valence-corrected chi connectivity index (χ0v) is 20.5. The molecule has 2 atom stereocenters. The predicted octanol–water partition coefficient (Wildman–Crippen LogP) is 4.82. The molecule has 35 heavy (non-hydrogen) atoms. The SMILES string of the molecule is Cc1ccc(CNC[C@@H](O)[C@H](Cc2cc(F)cc(F)c2)NC(=O)Cc2ccc(C(C)C)cc2)cc1. The first-order valence-corrected chi connectivity index (χ1v) is 12.0. The van der Waals surface area contributed by atoms with E-state index < -0.39 is 23.8 Å². The van der Waals surface area contributed by atoms with E-state index in [1.54, 1.807) is 0 Å². The average Bonchev–Trinajstić information content (AvgIpc) is 2.79. The topological polar surface area (TPSA) is 61.4 Å². The van der Waals surface area contributed by atoms with E-state index >= 15 is 0 Å². The number of halogens is 2. The molecule has 3 aromatic rings. The van der Waals surface area contributed by atoms with Crippen LogP contribution < -0.4 is 10.6 Å². The molecule has 3 rings (SSSR count). The quantitative estimate of drug-likeness (QED) is 0.369. The number of carbonyl (C=O) groups excluding carboxylic acids is 1. The summed E-state index contributed by atoms with van der Waals surface area (Å²) in [4.78, 5) is 12.8. The average molecular weight is 481 g/mol. The maximum Gasteiger partial charge on any atom is 0.224 e. The highest BCUT2D eigenvalue weighted by Crippen LogP contribution is 2.16. The first kappa shape index (κ1) is 26.5. The van der Waals surface area contributed by atoms with Crippen LogP contribution >= 0.6 is 0 Å². The van der Waals surface area contributed by atoms with Crippen LogP contribution in [0, 0.1) is 18.6 Å². The summed E-state index contributed by atoms with van der Waals surface area (Å²) in [5, 5.41) is 17.0. The number of aliphatic hydroxyl groups excluding tert-OH is 1. The summed E-state index contributed by atoms with van der Waals surface area (Å²) in [6.07, 6.45) is -0.713. The fourth-order valence-corrected chi connectivity index (χ4v) is 3.94. The zero-order chi connectivity index (χ0) is 25.4. The molecular weight excluding hydrogens is 446 g/mol. The van der Waals surface area contributed by atoms with Crippen molar-refractivity contribution in [2.75, 3.05) is 6.54 Å². The van der Waals surface area contributed by atoms with Gasteiger partial charge in [-0.05, 0) is 53.6 Å². The maximum absolute atomic E-state index is 13.7. The van der Waals surface area contributed by atoms with E-state index in [-0.39, 0.29) is 25.3 Å². The molecule has 0 spiro atoms. The van der Waals surface area contributed by atoms with Gasteiger partial charge in [0.25, 0.3) is 0 Å². The number of amides is 1. The predicted molar refractivity (Wildman–Crippen MR) is 135 cm³/mol. The standard InChI is InChI=1S/C29H34F2N2O2/c1-19(2)24-10-8-21(9-11-24)15-29(35)33-27(14-23-12-25(30)16-26(31)13-23)28(34)18-32-17-22-6-4-20(3)5-7-22/h4-13,16,19,27-28,32,34H,14-15,17-18H2,1-3H3,(H,33,35)/t27-,28+/m0/s1. The fraction of sp³-hybridized carbons (Fsp3) is 0.345. The minimum absolute atomic E-state index is 0.0973. The Morgan fingerprint density at radius 1 is 0.886 bits per heavy atom. The molecule has 0 aliphatic rings. The lowest BCUT2D eigenvalue weighted by Crippen LogP contribution is -2.49. The van der Waals surface area contributed by atoms with Gasteiger partial charge in [-0.2, -0.15) is 0 Å². The number of nitrogens with one attached hydrogen (secondary N) is 2. The maximum atomic E-state index is 13.7. The van der Waals surface area contributed by atoms with Crippen LogP contribution in [-0.4, -0.2) is 29.7 Å². The molecule has 0 aliphatic heterocycles. The van der Waals surface area contributed by atoms with Gasteiger partial charge in [0.05, 0.1) is 18.6 Å². The Bertz CT molecular complexity index is 1080. The number of hydrogen-bond acceptors (Lipinski definition) is 3. The molecule has 3 N–H and O–H groups in total. The van der Waals surface area contributed by atoms with Crippen LogP contribution in [0.25, 0.3) is 0 Å². The number of benzene rings is 3. The second-order valence-electron chi connectivity index (χ2n) is 9.41. The lowest BCUT2D eigenvalue weighted by atomic mass is 9.99. The van der Waals surface area contributed by atoms with Crippen molar-refractivity contribution in [2.24, 2.45) is 0 Å². The van der Waals surface area contributed by atoms with Gasteiger partial charge >= 0.3 is 0 Å². The first-order valence-electron chi connectivity index (χ1n) is 12.0.